The van der Waals surface area contributed by atoms with Gasteiger partial charge < -0.3 is 10.6 Å². The molecule has 0 aromatic heterocycles. The minimum Gasteiger partial charge on any atom is -0.369 e. The summed E-state index contributed by atoms with van der Waals surface area (Å²) < 4.78 is 13.2. The van der Waals surface area contributed by atoms with Crippen LogP contribution >= 0.6 is 0 Å². The molecule has 0 saturated heterocycles. The lowest BCUT2D eigenvalue weighted by atomic mass is 9.94. The Balaban J connectivity index is 1.75. The van der Waals surface area contributed by atoms with Gasteiger partial charge in [-0.2, -0.15) is 0 Å². The fourth-order valence-electron chi connectivity index (χ4n) is 3.55. The molecule has 4 heteroatoms. The van der Waals surface area contributed by atoms with E-state index in [1.54, 1.807) is 12.1 Å². The van der Waals surface area contributed by atoms with Gasteiger partial charge in [0, 0.05) is 5.69 Å². The Morgan fingerprint density at radius 2 is 1.62 bits per heavy atom. The van der Waals surface area contributed by atoms with Crippen LogP contribution in [0.25, 0.3) is 0 Å². The van der Waals surface area contributed by atoms with Crippen molar-refractivity contribution in [2.45, 2.75) is 18.4 Å². The van der Waals surface area contributed by atoms with Gasteiger partial charge >= 0.3 is 0 Å². The molecule has 4 rings (SSSR count). The van der Waals surface area contributed by atoms with E-state index in [4.69, 9.17) is 5.73 Å². The maximum absolute atomic E-state index is 13.2. The highest BCUT2D eigenvalue weighted by Crippen LogP contribution is 2.40. The van der Waals surface area contributed by atoms with Crippen molar-refractivity contribution in [2.75, 3.05) is 11.4 Å². The quantitative estimate of drug-likeness (QED) is 0.872. The first-order chi connectivity index (χ1) is 10.2. The van der Waals surface area contributed by atoms with Gasteiger partial charge in [-0.25, -0.2) is 4.39 Å². The average molecular weight is 281 g/mol. The van der Waals surface area contributed by atoms with Crippen molar-refractivity contribution < 1.29 is 4.39 Å². The summed E-state index contributed by atoms with van der Waals surface area (Å²) in [5, 5.41) is 0. The Hall–Kier alpha value is -2.36. The minimum absolute atomic E-state index is 0.133. The second kappa shape index (κ2) is 4.32. The van der Waals surface area contributed by atoms with Gasteiger partial charge in [-0.05, 0) is 48.2 Å². The second-order valence-electron chi connectivity index (χ2n) is 5.83. The lowest BCUT2D eigenvalue weighted by Crippen LogP contribution is -2.52. The molecule has 2 aromatic carbocycles. The smallest absolute Gasteiger partial charge is 0.196 e. The molecule has 0 fully saturated rings. The Kier molecular flexibility index (Phi) is 2.55. The van der Waals surface area contributed by atoms with E-state index in [0.29, 0.717) is 12.5 Å². The number of benzene rings is 2. The number of hydrogen-bond donors (Lipinski definition) is 1. The van der Waals surface area contributed by atoms with Gasteiger partial charge in [0.1, 0.15) is 5.82 Å². The van der Waals surface area contributed by atoms with Crippen molar-refractivity contribution in [1.29, 1.82) is 0 Å². The lowest BCUT2D eigenvalue weighted by Gasteiger charge is -2.36. The Morgan fingerprint density at radius 1 is 1.00 bits per heavy atom. The lowest BCUT2D eigenvalue weighted by molar-refractivity contribution is 0.482. The van der Waals surface area contributed by atoms with Crippen molar-refractivity contribution in [3.05, 3.63) is 65.5 Å². The van der Waals surface area contributed by atoms with Gasteiger partial charge in [0.25, 0.3) is 0 Å². The zero-order valence-corrected chi connectivity index (χ0v) is 11.6. The molecule has 106 valence electrons. The summed E-state index contributed by atoms with van der Waals surface area (Å²) in [6, 6.07) is 15.0. The monoisotopic (exact) mass is 281 g/mol. The van der Waals surface area contributed by atoms with Crippen molar-refractivity contribution in [3.63, 3.8) is 0 Å². The first kappa shape index (κ1) is 12.4. The van der Waals surface area contributed by atoms with Crippen LogP contribution in [-0.2, 0) is 12.8 Å². The highest BCUT2D eigenvalue weighted by Gasteiger charge is 2.47. The number of halogens is 1. The van der Waals surface area contributed by atoms with Gasteiger partial charge in [0.15, 0.2) is 5.96 Å². The van der Waals surface area contributed by atoms with Gasteiger partial charge in [-0.3, -0.25) is 4.99 Å². The summed E-state index contributed by atoms with van der Waals surface area (Å²) in [4.78, 5) is 6.54. The fourth-order valence-corrected chi connectivity index (χ4v) is 3.55. The van der Waals surface area contributed by atoms with Crippen LogP contribution in [0.15, 0.2) is 53.5 Å². The highest BCUT2D eigenvalue weighted by molar-refractivity contribution is 5.98. The summed E-state index contributed by atoms with van der Waals surface area (Å²) in [6.45, 7) is 0.685. The largest absolute Gasteiger partial charge is 0.369 e. The maximum atomic E-state index is 13.2. The van der Waals surface area contributed by atoms with Crippen LogP contribution in [0.4, 0.5) is 10.1 Å². The van der Waals surface area contributed by atoms with Crippen molar-refractivity contribution in [2.24, 2.45) is 10.7 Å². The predicted molar refractivity (Wildman–Crippen MR) is 81.9 cm³/mol. The van der Waals surface area contributed by atoms with E-state index in [9.17, 15) is 4.39 Å². The molecule has 0 saturated carbocycles. The molecule has 0 amide bonds. The van der Waals surface area contributed by atoms with E-state index >= 15 is 0 Å². The highest BCUT2D eigenvalue weighted by atomic mass is 19.1. The number of guanidine groups is 1. The van der Waals surface area contributed by atoms with Gasteiger partial charge in [-0.1, -0.05) is 24.3 Å². The molecule has 1 aliphatic heterocycles. The van der Waals surface area contributed by atoms with E-state index in [1.165, 1.54) is 23.3 Å². The Labute approximate surface area is 122 Å². The predicted octanol–water partition coefficient (Wildman–Crippen LogP) is 2.50. The second-order valence-corrected chi connectivity index (χ2v) is 5.83. The van der Waals surface area contributed by atoms with E-state index in [2.05, 4.69) is 34.2 Å². The van der Waals surface area contributed by atoms with Crippen molar-refractivity contribution in [1.82, 2.24) is 0 Å². The van der Waals surface area contributed by atoms with Crippen molar-refractivity contribution in [3.8, 4) is 0 Å². The van der Waals surface area contributed by atoms with E-state index in [0.717, 1.165) is 18.5 Å². The number of aliphatic imine (C=N–C) groups is 1. The molecule has 1 heterocycles. The third-order valence-corrected chi connectivity index (χ3v) is 4.48. The summed E-state index contributed by atoms with van der Waals surface area (Å²) >= 11 is 0. The zero-order valence-electron chi connectivity index (χ0n) is 11.6. The van der Waals surface area contributed by atoms with E-state index in [1.807, 2.05) is 0 Å². The molecular weight excluding hydrogens is 265 g/mol. The molecular formula is C17H16FN3. The third-order valence-electron chi connectivity index (χ3n) is 4.48. The number of anilines is 1. The van der Waals surface area contributed by atoms with Gasteiger partial charge in [-0.15, -0.1) is 0 Å². The summed E-state index contributed by atoms with van der Waals surface area (Å²) in [5.74, 6) is 0.284. The van der Waals surface area contributed by atoms with Gasteiger partial charge in [0.05, 0.1) is 12.1 Å². The molecule has 3 nitrogen and oxygen atoms in total. The molecule has 2 aliphatic rings. The van der Waals surface area contributed by atoms with Crippen LogP contribution < -0.4 is 10.6 Å². The minimum atomic E-state index is -0.239. The molecule has 2 N–H and O–H groups in total. The standard InChI is InChI=1S/C17H16FN3/c18-14-5-7-15(8-6-14)21-16(19)20-11-17(21)9-12-3-1-2-4-13(12)10-17/h1-8H,9-11H2,(H2,19,20). The number of fused-ring (bicyclic) bond motifs is 1. The normalized spacial score (nSPS) is 18.9. The first-order valence-electron chi connectivity index (χ1n) is 7.10. The van der Waals surface area contributed by atoms with Crippen LogP contribution in [-0.4, -0.2) is 18.0 Å². The van der Waals surface area contributed by atoms with E-state index in [-0.39, 0.29) is 11.4 Å². The zero-order chi connectivity index (χ0) is 14.4. The SMILES string of the molecule is NC1=NCC2(Cc3ccccc3C2)N1c1ccc(F)cc1. The van der Waals surface area contributed by atoms with Crippen LogP contribution in [0.3, 0.4) is 0 Å². The molecule has 0 bridgehead atoms. The number of nitrogens with zero attached hydrogens (tertiary/aromatic N) is 2. The number of hydrogen-bond acceptors (Lipinski definition) is 3. The summed E-state index contributed by atoms with van der Waals surface area (Å²) in [5.41, 5.74) is 9.60. The van der Waals surface area contributed by atoms with E-state index < -0.39 is 0 Å². The van der Waals surface area contributed by atoms with Gasteiger partial charge in [0.2, 0.25) is 0 Å². The molecule has 0 unspecified atom stereocenters. The maximum Gasteiger partial charge on any atom is 0.196 e. The summed E-state index contributed by atoms with van der Waals surface area (Å²) in [6.07, 6.45) is 1.84. The molecule has 1 spiro atoms. The number of rotatable bonds is 1. The number of nitrogens with two attached hydrogens (primary N) is 1. The molecule has 1 aliphatic carbocycles. The Bertz CT molecular complexity index is 696. The van der Waals surface area contributed by atoms with Crippen LogP contribution in [0.2, 0.25) is 0 Å². The fraction of sp³-hybridized carbons (Fsp3) is 0.235. The first-order valence-corrected chi connectivity index (χ1v) is 7.10. The van der Waals surface area contributed by atoms with Crippen LogP contribution in [0, 0.1) is 5.82 Å². The molecule has 0 radical (unpaired) electrons. The third kappa shape index (κ3) is 1.82. The van der Waals surface area contributed by atoms with Crippen LogP contribution in [0.5, 0.6) is 0 Å². The average Bonchev–Trinajstić information content (AvgIpc) is 3.01. The Morgan fingerprint density at radius 3 is 2.24 bits per heavy atom. The topological polar surface area (TPSA) is 41.6 Å². The van der Waals surface area contributed by atoms with Crippen molar-refractivity contribution >= 4 is 11.6 Å². The molecule has 0 atom stereocenters. The molecule has 2 aromatic rings. The molecule has 21 heavy (non-hydrogen) atoms. The van der Waals surface area contributed by atoms with Crippen LogP contribution in [0.1, 0.15) is 11.1 Å². The summed E-state index contributed by atoms with van der Waals surface area (Å²) in [7, 11) is 0.